The second kappa shape index (κ2) is 13.1. The van der Waals surface area contributed by atoms with Gasteiger partial charge in [-0.15, -0.1) is 24.0 Å². The summed E-state index contributed by atoms with van der Waals surface area (Å²) in [6.07, 6.45) is 6.76. The third-order valence-electron chi connectivity index (χ3n) is 5.35. The first-order chi connectivity index (χ1) is 11.7. The number of likely N-dealkylation sites (N-methyl/N-ethyl adjacent to an activating group) is 2. The molecule has 148 valence electrons. The Morgan fingerprint density at radius 3 is 2.40 bits per heavy atom. The summed E-state index contributed by atoms with van der Waals surface area (Å²) in [6.45, 7) is 9.16. The molecule has 0 aromatic carbocycles. The number of hydrogen-bond acceptors (Lipinski definition) is 4. The number of likely N-dealkylation sites (tertiary alicyclic amines) is 1. The average molecular weight is 466 g/mol. The van der Waals surface area contributed by atoms with Crippen LogP contribution in [0.1, 0.15) is 32.1 Å². The van der Waals surface area contributed by atoms with Crippen LogP contribution in [0.15, 0.2) is 4.99 Å². The van der Waals surface area contributed by atoms with Crippen LogP contribution in [0.3, 0.4) is 0 Å². The van der Waals surface area contributed by atoms with Crippen LogP contribution in [0.25, 0.3) is 0 Å². The van der Waals surface area contributed by atoms with Gasteiger partial charge in [-0.2, -0.15) is 0 Å². The Kier molecular flexibility index (Phi) is 12.0. The van der Waals surface area contributed by atoms with E-state index in [4.69, 9.17) is 0 Å². The molecule has 6 nitrogen and oxygen atoms in total. The summed E-state index contributed by atoms with van der Waals surface area (Å²) >= 11 is 0. The number of aliphatic imine (C=N–C) groups is 1. The van der Waals surface area contributed by atoms with Crippen LogP contribution in [0.5, 0.6) is 0 Å². The van der Waals surface area contributed by atoms with Crippen LogP contribution in [-0.4, -0.2) is 100 Å². The van der Waals surface area contributed by atoms with E-state index in [0.717, 1.165) is 38.7 Å². The van der Waals surface area contributed by atoms with E-state index in [1.165, 1.54) is 51.7 Å². The molecule has 2 aliphatic rings. The number of nitrogens with zero attached hydrogens (tertiary/aromatic N) is 4. The van der Waals surface area contributed by atoms with E-state index >= 15 is 0 Å². The molecular formula is C18H39IN6. The maximum absolute atomic E-state index is 4.36. The molecule has 1 unspecified atom stereocenters. The van der Waals surface area contributed by atoms with Crippen molar-refractivity contribution >= 4 is 29.9 Å². The summed E-state index contributed by atoms with van der Waals surface area (Å²) in [7, 11) is 6.29. The topological polar surface area (TPSA) is 46.1 Å². The summed E-state index contributed by atoms with van der Waals surface area (Å²) in [5, 5.41) is 6.97. The summed E-state index contributed by atoms with van der Waals surface area (Å²) in [5.41, 5.74) is 0. The van der Waals surface area contributed by atoms with Crippen LogP contribution in [0.2, 0.25) is 0 Å². The highest BCUT2D eigenvalue weighted by atomic mass is 127. The summed E-state index contributed by atoms with van der Waals surface area (Å²) in [6, 6.07) is 0.555. The maximum Gasteiger partial charge on any atom is 0.191 e. The van der Waals surface area contributed by atoms with Crippen molar-refractivity contribution < 1.29 is 0 Å². The second-order valence-electron chi connectivity index (χ2n) is 7.39. The van der Waals surface area contributed by atoms with E-state index < -0.39 is 0 Å². The maximum atomic E-state index is 4.36. The Morgan fingerprint density at radius 1 is 1.00 bits per heavy atom. The third kappa shape index (κ3) is 8.88. The van der Waals surface area contributed by atoms with E-state index in [0.29, 0.717) is 6.04 Å². The Labute approximate surface area is 171 Å². The SMILES string of the molecule is CN=C(NCCCN1CCCCCC1)NCC1CN(C)CCN1C.I. The molecule has 2 fully saturated rings. The molecule has 2 rings (SSSR count). The van der Waals surface area contributed by atoms with E-state index in [1.54, 1.807) is 0 Å². The lowest BCUT2D eigenvalue weighted by Crippen LogP contribution is -2.55. The molecule has 25 heavy (non-hydrogen) atoms. The molecule has 2 heterocycles. The molecule has 2 N–H and O–H groups in total. The zero-order valence-electron chi connectivity index (χ0n) is 16.5. The van der Waals surface area contributed by atoms with E-state index in [9.17, 15) is 0 Å². The highest BCUT2D eigenvalue weighted by Crippen LogP contribution is 2.09. The standard InChI is InChI=1S/C18H38N6.HI/c1-19-18(21-15-17-16-22(2)13-14-23(17)3)20-9-8-12-24-10-6-4-5-7-11-24;/h17H,4-16H2,1-3H3,(H2,19,20,21);1H. The quantitative estimate of drug-likeness (QED) is 0.267. The molecule has 0 amide bonds. The number of hydrogen-bond donors (Lipinski definition) is 2. The highest BCUT2D eigenvalue weighted by molar-refractivity contribution is 14.0. The monoisotopic (exact) mass is 466 g/mol. The van der Waals surface area contributed by atoms with Gasteiger partial charge in [0.1, 0.15) is 0 Å². The van der Waals surface area contributed by atoms with Crippen molar-refractivity contribution in [3.63, 3.8) is 0 Å². The van der Waals surface area contributed by atoms with Gasteiger partial charge in [0, 0.05) is 45.8 Å². The Bertz CT molecular complexity index is 371. The van der Waals surface area contributed by atoms with Gasteiger partial charge in [-0.25, -0.2) is 0 Å². The minimum Gasteiger partial charge on any atom is -0.356 e. The van der Waals surface area contributed by atoms with Crippen LogP contribution < -0.4 is 10.6 Å². The lowest BCUT2D eigenvalue weighted by molar-refractivity contribution is 0.116. The van der Waals surface area contributed by atoms with Crippen molar-refractivity contribution in [2.24, 2.45) is 4.99 Å². The number of piperazine rings is 1. The van der Waals surface area contributed by atoms with Gasteiger partial charge in [-0.3, -0.25) is 9.89 Å². The lowest BCUT2D eigenvalue weighted by atomic mass is 10.2. The molecule has 0 spiro atoms. The summed E-state index contributed by atoms with van der Waals surface area (Å²) < 4.78 is 0. The fourth-order valence-corrected chi connectivity index (χ4v) is 3.63. The first kappa shape index (κ1) is 22.9. The highest BCUT2D eigenvalue weighted by Gasteiger charge is 2.21. The average Bonchev–Trinajstić information content (AvgIpc) is 2.86. The van der Waals surface area contributed by atoms with Gasteiger partial charge in [0.15, 0.2) is 5.96 Å². The minimum absolute atomic E-state index is 0. The lowest BCUT2D eigenvalue weighted by Gasteiger charge is -2.37. The minimum atomic E-state index is 0. The molecule has 2 saturated heterocycles. The number of nitrogens with one attached hydrogen (secondary N) is 2. The van der Waals surface area contributed by atoms with Crippen molar-refractivity contribution in [1.82, 2.24) is 25.3 Å². The molecule has 0 aliphatic carbocycles. The van der Waals surface area contributed by atoms with Gasteiger partial charge in [0.2, 0.25) is 0 Å². The van der Waals surface area contributed by atoms with Crippen molar-refractivity contribution in [3.05, 3.63) is 0 Å². The van der Waals surface area contributed by atoms with Crippen LogP contribution in [-0.2, 0) is 0 Å². The van der Waals surface area contributed by atoms with Crippen molar-refractivity contribution in [1.29, 1.82) is 0 Å². The van der Waals surface area contributed by atoms with Gasteiger partial charge in [-0.1, -0.05) is 12.8 Å². The fraction of sp³-hybridized carbons (Fsp3) is 0.944. The van der Waals surface area contributed by atoms with Crippen molar-refractivity contribution in [2.75, 3.05) is 73.5 Å². The van der Waals surface area contributed by atoms with Crippen molar-refractivity contribution in [3.8, 4) is 0 Å². The van der Waals surface area contributed by atoms with Gasteiger partial charge in [-0.05, 0) is 53.0 Å². The predicted molar refractivity (Wildman–Crippen MR) is 118 cm³/mol. The smallest absolute Gasteiger partial charge is 0.191 e. The van der Waals surface area contributed by atoms with E-state index in [2.05, 4.69) is 44.4 Å². The van der Waals surface area contributed by atoms with Gasteiger partial charge in [0.25, 0.3) is 0 Å². The largest absolute Gasteiger partial charge is 0.356 e. The predicted octanol–water partition coefficient (Wildman–Crippen LogP) is 1.28. The molecule has 0 aromatic rings. The van der Waals surface area contributed by atoms with Gasteiger partial charge in [0.05, 0.1) is 0 Å². The zero-order valence-corrected chi connectivity index (χ0v) is 18.8. The second-order valence-corrected chi connectivity index (χ2v) is 7.39. The van der Waals surface area contributed by atoms with E-state index in [-0.39, 0.29) is 24.0 Å². The normalized spacial score (nSPS) is 24.4. The Balaban J connectivity index is 0.00000312. The third-order valence-corrected chi connectivity index (χ3v) is 5.35. The molecular weight excluding hydrogens is 427 g/mol. The number of halogens is 1. The van der Waals surface area contributed by atoms with Crippen LogP contribution in [0, 0.1) is 0 Å². The van der Waals surface area contributed by atoms with Crippen molar-refractivity contribution in [2.45, 2.75) is 38.1 Å². The Hall–Kier alpha value is -0.120. The molecule has 1 atom stereocenters. The Morgan fingerprint density at radius 2 is 1.72 bits per heavy atom. The van der Waals surface area contributed by atoms with Crippen LogP contribution >= 0.6 is 24.0 Å². The van der Waals surface area contributed by atoms with Crippen LogP contribution in [0.4, 0.5) is 0 Å². The molecule has 7 heteroatoms. The molecule has 0 aromatic heterocycles. The number of rotatable bonds is 6. The molecule has 0 saturated carbocycles. The zero-order chi connectivity index (χ0) is 17.2. The molecule has 2 aliphatic heterocycles. The van der Waals surface area contributed by atoms with E-state index in [1.807, 2.05) is 7.05 Å². The van der Waals surface area contributed by atoms with Gasteiger partial charge >= 0.3 is 0 Å². The first-order valence-electron chi connectivity index (χ1n) is 9.74. The number of guanidine groups is 1. The molecule has 0 bridgehead atoms. The van der Waals surface area contributed by atoms with Gasteiger partial charge < -0.3 is 20.4 Å². The summed E-state index contributed by atoms with van der Waals surface area (Å²) in [4.78, 5) is 11.8. The first-order valence-corrected chi connectivity index (χ1v) is 9.74. The summed E-state index contributed by atoms with van der Waals surface area (Å²) in [5.74, 6) is 0.937. The fourth-order valence-electron chi connectivity index (χ4n) is 3.63. The molecule has 0 radical (unpaired) electrons.